The number of hydrogen-bond acceptors (Lipinski definition) is 3. The van der Waals surface area contributed by atoms with Gasteiger partial charge in [0.05, 0.1) is 5.02 Å². The van der Waals surface area contributed by atoms with E-state index in [2.05, 4.69) is 23.2 Å². The number of fused-ring (bicyclic) bond motifs is 2. The average molecular weight is 299 g/mol. The molecule has 1 aromatic heterocycles. The first-order chi connectivity index (χ1) is 9.24. The van der Waals surface area contributed by atoms with Crippen molar-refractivity contribution in [3.8, 4) is 0 Å². The third kappa shape index (κ3) is 3.33. The summed E-state index contributed by atoms with van der Waals surface area (Å²) in [7, 11) is 0. The quantitative estimate of drug-likeness (QED) is 0.887. The Morgan fingerprint density at radius 1 is 1.37 bits per heavy atom. The predicted octanol–water partition coefficient (Wildman–Crippen LogP) is 3.90. The van der Waals surface area contributed by atoms with E-state index in [1.54, 1.807) is 11.3 Å². The van der Waals surface area contributed by atoms with Crippen LogP contribution in [0.3, 0.4) is 0 Å². The van der Waals surface area contributed by atoms with Crippen LogP contribution in [-0.4, -0.2) is 29.6 Å². The molecule has 2 fully saturated rings. The smallest absolute Gasteiger partial charge is 0.0516 e. The van der Waals surface area contributed by atoms with Gasteiger partial charge in [-0.25, -0.2) is 0 Å². The third-order valence-electron chi connectivity index (χ3n) is 4.46. The number of halogens is 1. The first-order valence-electron chi connectivity index (χ1n) is 7.47. The summed E-state index contributed by atoms with van der Waals surface area (Å²) in [6.07, 6.45) is 6.65. The molecule has 2 nitrogen and oxygen atoms in total. The van der Waals surface area contributed by atoms with Crippen molar-refractivity contribution >= 4 is 22.9 Å². The number of rotatable bonds is 5. The van der Waals surface area contributed by atoms with Gasteiger partial charge in [0.25, 0.3) is 0 Å². The summed E-state index contributed by atoms with van der Waals surface area (Å²) in [5, 5.41) is 6.68. The maximum absolute atomic E-state index is 6.04. The van der Waals surface area contributed by atoms with E-state index in [1.165, 1.54) is 43.5 Å². The van der Waals surface area contributed by atoms with Crippen molar-refractivity contribution in [1.82, 2.24) is 10.2 Å². The first kappa shape index (κ1) is 13.9. The first-order valence-corrected chi connectivity index (χ1v) is 8.73. The molecule has 0 amide bonds. The second-order valence-electron chi connectivity index (χ2n) is 5.96. The highest BCUT2D eigenvalue weighted by atomic mass is 35.5. The van der Waals surface area contributed by atoms with Gasteiger partial charge in [-0.2, -0.15) is 0 Å². The Morgan fingerprint density at radius 2 is 2.11 bits per heavy atom. The monoisotopic (exact) mass is 298 g/mol. The van der Waals surface area contributed by atoms with E-state index in [9.17, 15) is 0 Å². The Bertz CT molecular complexity index is 408. The molecule has 2 aliphatic rings. The lowest BCUT2D eigenvalue weighted by Gasteiger charge is -2.37. The molecule has 19 heavy (non-hydrogen) atoms. The molecule has 2 unspecified atom stereocenters. The van der Waals surface area contributed by atoms with Crippen LogP contribution in [0.15, 0.2) is 11.4 Å². The van der Waals surface area contributed by atoms with E-state index in [-0.39, 0.29) is 0 Å². The zero-order chi connectivity index (χ0) is 13.2. The lowest BCUT2D eigenvalue weighted by Crippen LogP contribution is -2.48. The summed E-state index contributed by atoms with van der Waals surface area (Å²) in [4.78, 5) is 4.10. The number of piperidine rings is 1. The average Bonchev–Trinajstić information content (AvgIpc) is 2.95. The van der Waals surface area contributed by atoms with Gasteiger partial charge in [-0.05, 0) is 44.7 Å². The van der Waals surface area contributed by atoms with Crippen LogP contribution in [0, 0.1) is 0 Å². The largest absolute Gasteiger partial charge is 0.311 e. The molecule has 3 heterocycles. The predicted molar refractivity (Wildman–Crippen MR) is 83.0 cm³/mol. The minimum absolute atomic E-state index is 0.763. The van der Waals surface area contributed by atoms with Crippen LogP contribution in [0.1, 0.15) is 43.9 Å². The van der Waals surface area contributed by atoms with E-state index in [0.717, 1.165) is 29.7 Å². The molecule has 0 spiro atoms. The number of nitrogens with one attached hydrogen (secondary N) is 1. The van der Waals surface area contributed by atoms with Gasteiger partial charge in [0, 0.05) is 34.9 Å². The molecule has 3 rings (SSSR count). The molecular formula is C15H23ClN2S. The summed E-state index contributed by atoms with van der Waals surface area (Å²) in [5.41, 5.74) is 0. The van der Waals surface area contributed by atoms with Crippen LogP contribution in [-0.2, 0) is 6.54 Å². The van der Waals surface area contributed by atoms with E-state index in [0.29, 0.717) is 0 Å². The van der Waals surface area contributed by atoms with Crippen LogP contribution in [0.25, 0.3) is 0 Å². The van der Waals surface area contributed by atoms with Crippen molar-refractivity contribution in [2.75, 3.05) is 6.54 Å². The highest BCUT2D eigenvalue weighted by Crippen LogP contribution is 2.31. The molecule has 1 aromatic rings. The molecule has 2 bridgehead atoms. The molecule has 0 aromatic carbocycles. The normalized spacial score (nSPS) is 30.2. The molecule has 1 N–H and O–H groups in total. The van der Waals surface area contributed by atoms with Crippen LogP contribution < -0.4 is 5.32 Å². The standard InChI is InChI=1S/C15H23ClN2S/c1-2-5-18(9-15-6-11(16)10-19-15)14-7-12-3-4-13(8-14)17-12/h6,10,12-14,17H,2-5,7-9H2,1H3. The van der Waals surface area contributed by atoms with Gasteiger partial charge in [-0.3, -0.25) is 4.90 Å². The number of thiophene rings is 1. The van der Waals surface area contributed by atoms with Crippen LogP contribution in [0.5, 0.6) is 0 Å². The fraction of sp³-hybridized carbons (Fsp3) is 0.733. The van der Waals surface area contributed by atoms with Gasteiger partial charge in [-0.15, -0.1) is 11.3 Å². The zero-order valence-corrected chi connectivity index (χ0v) is 13.1. The topological polar surface area (TPSA) is 15.3 Å². The van der Waals surface area contributed by atoms with Crippen molar-refractivity contribution in [2.24, 2.45) is 0 Å². The Kier molecular flexibility index (Phi) is 4.47. The van der Waals surface area contributed by atoms with Crippen molar-refractivity contribution < 1.29 is 0 Å². The Labute approximate surface area is 125 Å². The van der Waals surface area contributed by atoms with Crippen molar-refractivity contribution in [3.05, 3.63) is 21.3 Å². The number of nitrogens with zero attached hydrogens (tertiary/aromatic N) is 1. The van der Waals surface area contributed by atoms with E-state index < -0.39 is 0 Å². The van der Waals surface area contributed by atoms with Crippen molar-refractivity contribution in [1.29, 1.82) is 0 Å². The minimum atomic E-state index is 0.763. The summed E-state index contributed by atoms with van der Waals surface area (Å²) < 4.78 is 0. The van der Waals surface area contributed by atoms with Crippen LogP contribution in [0.2, 0.25) is 5.02 Å². The third-order valence-corrected chi connectivity index (χ3v) is 5.73. The second kappa shape index (κ2) is 6.13. The molecule has 0 radical (unpaired) electrons. The van der Waals surface area contributed by atoms with Gasteiger partial charge >= 0.3 is 0 Å². The molecule has 2 atom stereocenters. The highest BCUT2D eigenvalue weighted by molar-refractivity contribution is 7.10. The van der Waals surface area contributed by atoms with Crippen molar-refractivity contribution in [2.45, 2.75) is 63.7 Å². The molecule has 106 valence electrons. The van der Waals surface area contributed by atoms with Crippen LogP contribution in [0.4, 0.5) is 0 Å². The minimum Gasteiger partial charge on any atom is -0.311 e. The second-order valence-corrected chi connectivity index (χ2v) is 7.40. The summed E-state index contributed by atoms with van der Waals surface area (Å²) in [5.74, 6) is 0. The van der Waals surface area contributed by atoms with E-state index in [1.807, 2.05) is 5.38 Å². The fourth-order valence-corrected chi connectivity index (χ4v) is 4.74. The summed E-state index contributed by atoms with van der Waals surface area (Å²) in [6.45, 7) is 4.57. The molecular weight excluding hydrogens is 276 g/mol. The lowest BCUT2D eigenvalue weighted by atomic mass is 9.98. The van der Waals surface area contributed by atoms with Crippen LogP contribution >= 0.6 is 22.9 Å². The van der Waals surface area contributed by atoms with Gasteiger partial charge < -0.3 is 5.32 Å². The molecule has 0 aliphatic carbocycles. The van der Waals surface area contributed by atoms with E-state index in [4.69, 9.17) is 11.6 Å². The SMILES string of the molecule is CCCN(Cc1cc(Cl)cs1)C1CC2CCC(C1)N2. The van der Waals surface area contributed by atoms with E-state index >= 15 is 0 Å². The highest BCUT2D eigenvalue weighted by Gasteiger charge is 2.35. The van der Waals surface area contributed by atoms with Gasteiger partial charge in [-0.1, -0.05) is 18.5 Å². The van der Waals surface area contributed by atoms with Gasteiger partial charge in [0.1, 0.15) is 0 Å². The van der Waals surface area contributed by atoms with Gasteiger partial charge in [0.15, 0.2) is 0 Å². The summed E-state index contributed by atoms with van der Waals surface area (Å²) >= 11 is 7.84. The Morgan fingerprint density at radius 3 is 2.68 bits per heavy atom. The summed E-state index contributed by atoms with van der Waals surface area (Å²) in [6, 6.07) is 4.44. The van der Waals surface area contributed by atoms with Gasteiger partial charge in [0.2, 0.25) is 0 Å². The Hall–Kier alpha value is -0.0900. The molecule has 4 heteroatoms. The van der Waals surface area contributed by atoms with Crippen molar-refractivity contribution in [3.63, 3.8) is 0 Å². The fourth-order valence-electron chi connectivity index (χ4n) is 3.64. The molecule has 2 saturated heterocycles. The molecule has 2 aliphatic heterocycles. The number of hydrogen-bond donors (Lipinski definition) is 1. The molecule has 0 saturated carbocycles. The lowest BCUT2D eigenvalue weighted by molar-refractivity contribution is 0.135. The Balaban J connectivity index is 1.66. The maximum Gasteiger partial charge on any atom is 0.0516 e. The maximum atomic E-state index is 6.04. The zero-order valence-electron chi connectivity index (χ0n) is 11.6.